The van der Waals surface area contributed by atoms with Crippen LogP contribution in [0.3, 0.4) is 0 Å². The number of nitrogens with one attached hydrogen (secondary N) is 1. The van der Waals surface area contributed by atoms with Gasteiger partial charge in [0.25, 0.3) is 0 Å². The molecule has 8 heteroatoms. The fraction of sp³-hybridized carbons (Fsp3) is 0.538. The molecule has 0 spiro atoms. The molecule has 3 N–H and O–H groups in total. The highest BCUT2D eigenvalue weighted by atomic mass is 79.9. The Hall–Kier alpha value is -0.150. The molecular weight excluding hydrogens is 424 g/mol. The molecule has 1 saturated heterocycles. The second-order valence-electron chi connectivity index (χ2n) is 5.55. The van der Waals surface area contributed by atoms with Crippen molar-refractivity contribution in [2.24, 2.45) is 5.41 Å². The molecule has 1 fully saturated rings. The van der Waals surface area contributed by atoms with Gasteiger partial charge in [-0.2, -0.15) is 0 Å². The van der Waals surface area contributed by atoms with E-state index in [2.05, 4.69) is 43.5 Å². The quantitative estimate of drug-likeness (QED) is 0.703. The van der Waals surface area contributed by atoms with Crippen molar-refractivity contribution in [3.63, 3.8) is 0 Å². The third-order valence-electron chi connectivity index (χ3n) is 3.69. The van der Waals surface area contributed by atoms with E-state index >= 15 is 0 Å². The van der Waals surface area contributed by atoms with Crippen LogP contribution in [0.2, 0.25) is 0 Å². The van der Waals surface area contributed by atoms with Crippen LogP contribution in [0.15, 0.2) is 26.0 Å². The van der Waals surface area contributed by atoms with E-state index in [-0.39, 0.29) is 16.0 Å². The van der Waals surface area contributed by atoms with Crippen molar-refractivity contribution in [3.05, 3.63) is 21.1 Å². The first-order valence-electron chi connectivity index (χ1n) is 6.55. The Morgan fingerprint density at radius 1 is 1.33 bits per heavy atom. The average Bonchev–Trinajstić information content (AvgIpc) is 2.36. The summed E-state index contributed by atoms with van der Waals surface area (Å²) in [7, 11) is -3.66. The van der Waals surface area contributed by atoms with Crippen molar-refractivity contribution >= 4 is 47.6 Å². The molecule has 118 valence electrons. The Labute approximate surface area is 141 Å². The van der Waals surface area contributed by atoms with Gasteiger partial charge >= 0.3 is 0 Å². The van der Waals surface area contributed by atoms with E-state index < -0.39 is 10.0 Å². The third kappa shape index (κ3) is 4.19. The molecule has 0 bridgehead atoms. The number of nitrogen functional groups attached to an aromatic ring is 1. The molecule has 0 aromatic heterocycles. The lowest BCUT2D eigenvalue weighted by molar-refractivity contribution is 0.0264. The van der Waals surface area contributed by atoms with Crippen LogP contribution in [0.1, 0.15) is 19.8 Å². The second kappa shape index (κ2) is 6.54. The second-order valence-corrected chi connectivity index (χ2v) is 9.03. The Morgan fingerprint density at radius 3 is 2.52 bits per heavy atom. The van der Waals surface area contributed by atoms with Crippen LogP contribution in [0.25, 0.3) is 0 Å². The molecule has 5 nitrogen and oxygen atoms in total. The fourth-order valence-corrected chi connectivity index (χ4v) is 5.51. The smallest absolute Gasteiger partial charge is 0.243 e. The van der Waals surface area contributed by atoms with Crippen LogP contribution in [0, 0.1) is 5.41 Å². The van der Waals surface area contributed by atoms with Crippen LogP contribution < -0.4 is 10.5 Å². The predicted octanol–water partition coefficient (Wildman–Crippen LogP) is 2.89. The summed E-state index contributed by atoms with van der Waals surface area (Å²) >= 11 is 6.55. The zero-order valence-electron chi connectivity index (χ0n) is 11.7. The molecule has 1 aromatic rings. The highest BCUT2D eigenvalue weighted by Crippen LogP contribution is 2.33. The maximum absolute atomic E-state index is 12.5. The summed E-state index contributed by atoms with van der Waals surface area (Å²) in [4.78, 5) is 0.0846. The van der Waals surface area contributed by atoms with Crippen molar-refractivity contribution < 1.29 is 13.2 Å². The molecule has 0 amide bonds. The largest absolute Gasteiger partial charge is 0.398 e. The van der Waals surface area contributed by atoms with Crippen molar-refractivity contribution in [1.82, 2.24) is 4.72 Å². The lowest BCUT2D eigenvalue weighted by Crippen LogP contribution is -2.39. The van der Waals surface area contributed by atoms with Crippen molar-refractivity contribution in [2.75, 3.05) is 25.5 Å². The summed E-state index contributed by atoms with van der Waals surface area (Å²) in [5, 5.41) is 0. The van der Waals surface area contributed by atoms with E-state index in [1.807, 2.05) is 0 Å². The molecule has 0 aliphatic carbocycles. The van der Waals surface area contributed by atoms with Crippen molar-refractivity contribution in [1.29, 1.82) is 0 Å². The van der Waals surface area contributed by atoms with E-state index in [9.17, 15) is 8.42 Å². The molecule has 2 rings (SSSR count). The van der Waals surface area contributed by atoms with Gasteiger partial charge in [0.15, 0.2) is 0 Å². The summed E-state index contributed by atoms with van der Waals surface area (Å²) in [5.41, 5.74) is 5.98. The number of nitrogens with two attached hydrogens (primary N) is 1. The van der Waals surface area contributed by atoms with Gasteiger partial charge < -0.3 is 10.5 Å². The lowest BCUT2D eigenvalue weighted by atomic mass is 9.83. The van der Waals surface area contributed by atoms with E-state index in [0.717, 1.165) is 17.3 Å². The van der Waals surface area contributed by atoms with Gasteiger partial charge in [-0.3, -0.25) is 0 Å². The normalized spacial score (nSPS) is 18.6. The number of ether oxygens (including phenoxy) is 1. The lowest BCUT2D eigenvalue weighted by Gasteiger charge is -2.33. The van der Waals surface area contributed by atoms with Gasteiger partial charge in [-0.15, -0.1) is 0 Å². The zero-order chi connectivity index (χ0) is 15.7. The number of rotatable bonds is 4. The number of hydrogen-bond acceptors (Lipinski definition) is 4. The maximum atomic E-state index is 12.5. The summed E-state index contributed by atoms with van der Waals surface area (Å²) < 4.78 is 34.2. The highest BCUT2D eigenvalue weighted by Gasteiger charge is 2.30. The summed E-state index contributed by atoms with van der Waals surface area (Å²) in [6.07, 6.45) is 1.68. The maximum Gasteiger partial charge on any atom is 0.243 e. The van der Waals surface area contributed by atoms with Gasteiger partial charge in [-0.05, 0) is 46.3 Å². The molecule has 0 atom stereocenters. The summed E-state index contributed by atoms with van der Waals surface area (Å²) in [6, 6.07) is 3.25. The summed E-state index contributed by atoms with van der Waals surface area (Å²) in [5.74, 6) is 0. The molecule has 21 heavy (non-hydrogen) atoms. The highest BCUT2D eigenvalue weighted by molar-refractivity contribution is 9.11. The molecule has 0 saturated carbocycles. The first-order chi connectivity index (χ1) is 9.73. The Kier molecular flexibility index (Phi) is 5.36. The van der Waals surface area contributed by atoms with Gasteiger partial charge in [0.05, 0.1) is 5.69 Å². The van der Waals surface area contributed by atoms with E-state index in [1.165, 1.54) is 0 Å². The van der Waals surface area contributed by atoms with Gasteiger partial charge in [0.2, 0.25) is 10.0 Å². The SMILES string of the molecule is CC1(CNS(=O)(=O)c2c(N)cc(Br)cc2Br)CCOCC1. The Morgan fingerprint density at radius 2 is 1.95 bits per heavy atom. The van der Waals surface area contributed by atoms with Crippen LogP contribution >= 0.6 is 31.9 Å². The standard InChI is InChI=1S/C13H18Br2N2O3S/c1-13(2-4-20-5-3-13)8-17-21(18,19)12-10(15)6-9(14)7-11(12)16/h6-7,17H,2-5,8,16H2,1H3. The van der Waals surface area contributed by atoms with Crippen molar-refractivity contribution in [2.45, 2.75) is 24.7 Å². The minimum atomic E-state index is -3.66. The number of halogens is 2. The van der Waals surface area contributed by atoms with Crippen LogP contribution in [0.5, 0.6) is 0 Å². The minimum absolute atomic E-state index is 0.0814. The number of benzene rings is 1. The van der Waals surface area contributed by atoms with Crippen LogP contribution in [-0.4, -0.2) is 28.2 Å². The summed E-state index contributed by atoms with van der Waals surface area (Å²) in [6.45, 7) is 3.78. The van der Waals surface area contributed by atoms with Gasteiger partial charge in [-0.1, -0.05) is 22.9 Å². The molecule has 0 unspecified atom stereocenters. The monoisotopic (exact) mass is 440 g/mol. The number of anilines is 1. The fourth-order valence-electron chi connectivity index (χ4n) is 2.25. The zero-order valence-corrected chi connectivity index (χ0v) is 15.6. The van der Waals surface area contributed by atoms with Gasteiger partial charge in [0.1, 0.15) is 4.90 Å². The van der Waals surface area contributed by atoms with Gasteiger partial charge in [-0.25, -0.2) is 13.1 Å². The van der Waals surface area contributed by atoms with E-state index in [1.54, 1.807) is 12.1 Å². The van der Waals surface area contributed by atoms with E-state index in [0.29, 0.717) is 24.2 Å². The Balaban J connectivity index is 2.19. The van der Waals surface area contributed by atoms with Crippen molar-refractivity contribution in [3.8, 4) is 0 Å². The van der Waals surface area contributed by atoms with Crippen LogP contribution in [-0.2, 0) is 14.8 Å². The molecule has 1 aliphatic rings. The molecule has 1 aromatic carbocycles. The molecular formula is C13H18Br2N2O3S. The molecule has 1 aliphatic heterocycles. The molecule has 1 heterocycles. The molecule has 0 radical (unpaired) electrons. The first-order valence-corrected chi connectivity index (χ1v) is 9.62. The average molecular weight is 442 g/mol. The Bertz CT molecular complexity index is 605. The third-order valence-corrected chi connectivity index (χ3v) is 6.56. The topological polar surface area (TPSA) is 81.4 Å². The predicted molar refractivity (Wildman–Crippen MR) is 89.6 cm³/mol. The van der Waals surface area contributed by atoms with Crippen LogP contribution in [0.4, 0.5) is 5.69 Å². The van der Waals surface area contributed by atoms with E-state index in [4.69, 9.17) is 10.5 Å². The first kappa shape index (κ1) is 17.2. The number of sulfonamides is 1. The van der Waals surface area contributed by atoms with Gasteiger partial charge in [0, 0.05) is 28.7 Å². The minimum Gasteiger partial charge on any atom is -0.398 e. The number of hydrogen-bond donors (Lipinski definition) is 2.